The summed E-state index contributed by atoms with van der Waals surface area (Å²) in [4.78, 5) is 0. The van der Waals surface area contributed by atoms with Crippen molar-refractivity contribution in [1.29, 1.82) is 0 Å². The van der Waals surface area contributed by atoms with E-state index in [1.54, 1.807) is 15.6 Å². The average Bonchev–Trinajstić information content (AvgIpc) is 3.02. The van der Waals surface area contributed by atoms with Gasteiger partial charge < -0.3 is 0 Å². The largest absolute Gasteiger partial charge is 0.251 e. The first-order chi connectivity index (χ1) is 8.43. The minimum Gasteiger partial charge on any atom is -0.251 e. The number of benzene rings is 1. The molecule has 0 aliphatic carbocycles. The van der Waals surface area contributed by atoms with Crippen LogP contribution in [0.5, 0.6) is 0 Å². The molecule has 0 aliphatic rings. The van der Waals surface area contributed by atoms with Crippen LogP contribution in [-0.2, 0) is 6.67 Å². The fraction of sp³-hybridized carbons (Fsp3) is 0.0909. The molecule has 6 nitrogen and oxygen atoms in total. The maximum Gasteiger partial charge on any atom is 0.183 e. The van der Waals surface area contributed by atoms with Gasteiger partial charge >= 0.3 is 0 Å². The average molecular weight is 226 g/mol. The minimum absolute atomic E-state index is 0.504. The SMILES string of the molecule is c1ccc(-c2nnnn2Cn2cccn2)cc1. The smallest absolute Gasteiger partial charge is 0.183 e. The number of hydrogen-bond donors (Lipinski definition) is 0. The van der Waals surface area contributed by atoms with Gasteiger partial charge in [0.15, 0.2) is 5.82 Å². The van der Waals surface area contributed by atoms with Crippen molar-refractivity contribution in [3.63, 3.8) is 0 Å². The van der Waals surface area contributed by atoms with Gasteiger partial charge in [0.05, 0.1) is 0 Å². The highest BCUT2D eigenvalue weighted by Crippen LogP contribution is 2.14. The fourth-order valence-corrected chi connectivity index (χ4v) is 1.62. The molecular formula is C11H10N6. The Morgan fingerprint density at radius 3 is 2.71 bits per heavy atom. The van der Waals surface area contributed by atoms with Crippen molar-refractivity contribution in [3.8, 4) is 11.4 Å². The van der Waals surface area contributed by atoms with E-state index in [1.807, 2.05) is 42.6 Å². The van der Waals surface area contributed by atoms with Gasteiger partial charge in [0, 0.05) is 18.0 Å². The molecule has 0 saturated carbocycles. The van der Waals surface area contributed by atoms with E-state index in [4.69, 9.17) is 0 Å². The Morgan fingerprint density at radius 1 is 1.06 bits per heavy atom. The molecule has 0 radical (unpaired) electrons. The second-order valence-corrected chi connectivity index (χ2v) is 3.56. The summed E-state index contributed by atoms with van der Waals surface area (Å²) in [5.41, 5.74) is 0.990. The molecule has 0 aliphatic heterocycles. The van der Waals surface area contributed by atoms with Crippen LogP contribution in [0.1, 0.15) is 0 Å². The zero-order valence-corrected chi connectivity index (χ0v) is 9.01. The third-order valence-electron chi connectivity index (χ3n) is 2.40. The van der Waals surface area contributed by atoms with Crippen molar-refractivity contribution in [2.24, 2.45) is 0 Å². The number of tetrazole rings is 1. The lowest BCUT2D eigenvalue weighted by molar-refractivity contribution is 0.494. The molecule has 0 atom stereocenters. The first kappa shape index (κ1) is 9.71. The fourth-order valence-electron chi connectivity index (χ4n) is 1.62. The van der Waals surface area contributed by atoms with Crippen LogP contribution in [-0.4, -0.2) is 30.0 Å². The Labute approximate surface area is 97.5 Å². The topological polar surface area (TPSA) is 61.4 Å². The van der Waals surface area contributed by atoms with Crippen LogP contribution >= 0.6 is 0 Å². The van der Waals surface area contributed by atoms with Crippen molar-refractivity contribution in [3.05, 3.63) is 48.8 Å². The maximum absolute atomic E-state index is 4.13. The van der Waals surface area contributed by atoms with E-state index in [0.29, 0.717) is 6.67 Å². The van der Waals surface area contributed by atoms with Crippen LogP contribution in [0.2, 0.25) is 0 Å². The predicted molar refractivity (Wildman–Crippen MR) is 60.9 cm³/mol. The van der Waals surface area contributed by atoms with Crippen LogP contribution < -0.4 is 0 Å². The third kappa shape index (κ3) is 1.92. The lowest BCUT2D eigenvalue weighted by Gasteiger charge is -2.04. The van der Waals surface area contributed by atoms with Gasteiger partial charge in [-0.2, -0.15) is 5.10 Å². The summed E-state index contributed by atoms with van der Waals surface area (Å²) in [6.07, 6.45) is 3.60. The molecule has 0 N–H and O–H groups in total. The van der Waals surface area contributed by atoms with E-state index in [-0.39, 0.29) is 0 Å². The molecule has 0 spiro atoms. The molecule has 2 heterocycles. The first-order valence-electron chi connectivity index (χ1n) is 5.22. The van der Waals surface area contributed by atoms with Crippen molar-refractivity contribution >= 4 is 0 Å². The van der Waals surface area contributed by atoms with Gasteiger partial charge in [0.2, 0.25) is 0 Å². The van der Waals surface area contributed by atoms with Gasteiger partial charge in [-0.25, -0.2) is 4.68 Å². The highest BCUT2D eigenvalue weighted by Gasteiger charge is 2.08. The first-order valence-corrected chi connectivity index (χ1v) is 5.22. The van der Waals surface area contributed by atoms with E-state index >= 15 is 0 Å². The molecular weight excluding hydrogens is 216 g/mol. The van der Waals surface area contributed by atoms with Crippen LogP contribution in [0.4, 0.5) is 0 Å². The second kappa shape index (κ2) is 4.17. The Hall–Kier alpha value is -2.50. The summed E-state index contributed by atoms with van der Waals surface area (Å²) in [6, 6.07) is 11.7. The predicted octanol–water partition coefficient (Wildman–Crippen LogP) is 1.04. The van der Waals surface area contributed by atoms with Gasteiger partial charge in [-0.15, -0.1) is 5.10 Å². The van der Waals surface area contributed by atoms with Gasteiger partial charge in [-0.05, 0) is 16.5 Å². The highest BCUT2D eigenvalue weighted by molar-refractivity contribution is 5.53. The molecule has 1 aromatic carbocycles. The molecule has 0 saturated heterocycles. The summed E-state index contributed by atoms with van der Waals surface area (Å²) in [5.74, 6) is 0.737. The normalized spacial score (nSPS) is 10.6. The maximum atomic E-state index is 4.13. The standard InChI is InChI=1S/C11H10N6/c1-2-5-10(6-3-1)11-13-14-15-17(11)9-16-8-4-7-12-16/h1-8H,9H2. The van der Waals surface area contributed by atoms with Crippen LogP contribution in [0.15, 0.2) is 48.8 Å². The number of aromatic nitrogens is 6. The number of hydrogen-bond acceptors (Lipinski definition) is 4. The van der Waals surface area contributed by atoms with Gasteiger partial charge in [0.1, 0.15) is 6.67 Å². The zero-order chi connectivity index (χ0) is 11.5. The van der Waals surface area contributed by atoms with E-state index in [0.717, 1.165) is 11.4 Å². The van der Waals surface area contributed by atoms with Gasteiger partial charge in [-0.1, -0.05) is 30.3 Å². The van der Waals surface area contributed by atoms with Crippen molar-refractivity contribution < 1.29 is 0 Å². The molecule has 3 aromatic rings. The van der Waals surface area contributed by atoms with E-state index < -0.39 is 0 Å². The van der Waals surface area contributed by atoms with Crippen molar-refractivity contribution in [2.45, 2.75) is 6.67 Å². The van der Waals surface area contributed by atoms with Crippen molar-refractivity contribution in [2.75, 3.05) is 0 Å². The highest BCUT2D eigenvalue weighted by atomic mass is 15.6. The summed E-state index contributed by atoms with van der Waals surface area (Å²) in [6.45, 7) is 0.504. The Balaban J connectivity index is 1.95. The summed E-state index contributed by atoms with van der Waals surface area (Å²) in [5, 5.41) is 15.8. The van der Waals surface area contributed by atoms with E-state index in [1.165, 1.54) is 0 Å². The lowest BCUT2D eigenvalue weighted by Crippen LogP contribution is -2.11. The Morgan fingerprint density at radius 2 is 1.94 bits per heavy atom. The quantitative estimate of drug-likeness (QED) is 0.669. The summed E-state index contributed by atoms with van der Waals surface area (Å²) >= 11 is 0. The van der Waals surface area contributed by atoms with Crippen molar-refractivity contribution in [1.82, 2.24) is 30.0 Å². The van der Waals surface area contributed by atoms with Gasteiger partial charge in [-0.3, -0.25) is 4.68 Å². The molecule has 6 heteroatoms. The minimum atomic E-state index is 0.504. The van der Waals surface area contributed by atoms with E-state index in [2.05, 4.69) is 20.6 Å². The third-order valence-corrected chi connectivity index (χ3v) is 2.40. The zero-order valence-electron chi connectivity index (χ0n) is 9.01. The molecule has 0 bridgehead atoms. The number of nitrogens with zero attached hydrogens (tertiary/aromatic N) is 6. The van der Waals surface area contributed by atoms with Crippen LogP contribution in [0, 0.1) is 0 Å². The summed E-state index contributed by atoms with van der Waals surface area (Å²) in [7, 11) is 0. The van der Waals surface area contributed by atoms with Crippen LogP contribution in [0.25, 0.3) is 11.4 Å². The number of rotatable bonds is 3. The summed E-state index contributed by atoms with van der Waals surface area (Å²) < 4.78 is 3.48. The molecule has 0 fully saturated rings. The molecule has 3 rings (SSSR count). The monoisotopic (exact) mass is 226 g/mol. The second-order valence-electron chi connectivity index (χ2n) is 3.56. The molecule has 17 heavy (non-hydrogen) atoms. The lowest BCUT2D eigenvalue weighted by atomic mass is 10.2. The van der Waals surface area contributed by atoms with E-state index in [9.17, 15) is 0 Å². The Kier molecular flexibility index (Phi) is 2.38. The molecule has 2 aromatic heterocycles. The Bertz CT molecular complexity index is 583. The van der Waals surface area contributed by atoms with Gasteiger partial charge in [0.25, 0.3) is 0 Å². The molecule has 84 valence electrons. The molecule has 0 amide bonds. The van der Waals surface area contributed by atoms with Crippen LogP contribution in [0.3, 0.4) is 0 Å². The molecule has 0 unspecified atom stereocenters.